The number of hydrogen-bond acceptors (Lipinski definition) is 5. The standard InChI is InChI=1S/C15H20N4O2/c1-4-5-12-6-11(7-13(16)19-12)15(20)17-8-14-18-9(2)10(3)21-14/h6-7H,4-5,8H2,1-3H3,(H2,16,19)(H,17,20). The van der Waals surface area contributed by atoms with Crippen LogP contribution in [0.3, 0.4) is 0 Å². The van der Waals surface area contributed by atoms with Crippen molar-refractivity contribution in [3.63, 3.8) is 0 Å². The maximum absolute atomic E-state index is 12.2. The van der Waals surface area contributed by atoms with Crippen LogP contribution in [0.25, 0.3) is 0 Å². The van der Waals surface area contributed by atoms with Gasteiger partial charge in [-0.1, -0.05) is 13.3 Å². The molecule has 0 bridgehead atoms. The van der Waals surface area contributed by atoms with Crippen molar-refractivity contribution in [1.29, 1.82) is 0 Å². The zero-order chi connectivity index (χ0) is 15.4. The van der Waals surface area contributed by atoms with Crippen molar-refractivity contribution in [2.24, 2.45) is 0 Å². The molecule has 0 fully saturated rings. The number of carbonyl (C=O) groups is 1. The van der Waals surface area contributed by atoms with Crippen LogP contribution in [-0.2, 0) is 13.0 Å². The number of nitrogens with one attached hydrogen (secondary N) is 1. The second kappa shape index (κ2) is 6.39. The number of hydrogen-bond donors (Lipinski definition) is 2. The molecule has 2 heterocycles. The molecule has 2 aromatic heterocycles. The topological polar surface area (TPSA) is 94.0 Å². The molecule has 0 radical (unpaired) electrons. The quantitative estimate of drug-likeness (QED) is 0.879. The fraction of sp³-hybridized carbons (Fsp3) is 0.400. The fourth-order valence-corrected chi connectivity index (χ4v) is 2.00. The van der Waals surface area contributed by atoms with Gasteiger partial charge in [0.1, 0.15) is 11.6 Å². The highest BCUT2D eigenvalue weighted by molar-refractivity contribution is 5.94. The van der Waals surface area contributed by atoms with Crippen molar-refractivity contribution in [2.75, 3.05) is 5.73 Å². The average molecular weight is 288 g/mol. The Balaban J connectivity index is 2.06. The minimum absolute atomic E-state index is 0.213. The second-order valence-electron chi connectivity index (χ2n) is 4.95. The summed E-state index contributed by atoms with van der Waals surface area (Å²) in [6, 6.07) is 3.34. The molecule has 0 aromatic carbocycles. The summed E-state index contributed by atoms with van der Waals surface area (Å²) < 4.78 is 5.42. The number of rotatable bonds is 5. The molecule has 0 aliphatic carbocycles. The van der Waals surface area contributed by atoms with E-state index in [1.807, 2.05) is 13.8 Å². The maximum Gasteiger partial charge on any atom is 0.251 e. The minimum Gasteiger partial charge on any atom is -0.444 e. The van der Waals surface area contributed by atoms with E-state index in [9.17, 15) is 4.79 Å². The molecule has 0 saturated heterocycles. The zero-order valence-corrected chi connectivity index (χ0v) is 12.6. The molecule has 0 atom stereocenters. The van der Waals surface area contributed by atoms with Crippen LogP contribution in [0.4, 0.5) is 5.82 Å². The van der Waals surface area contributed by atoms with Crippen molar-refractivity contribution < 1.29 is 9.21 Å². The van der Waals surface area contributed by atoms with Crippen molar-refractivity contribution in [3.05, 3.63) is 40.7 Å². The van der Waals surface area contributed by atoms with E-state index in [0.29, 0.717) is 17.3 Å². The van der Waals surface area contributed by atoms with Gasteiger partial charge in [-0.25, -0.2) is 9.97 Å². The van der Waals surface area contributed by atoms with Gasteiger partial charge < -0.3 is 15.5 Å². The number of nitrogen functional groups attached to an aromatic ring is 1. The molecule has 0 aliphatic rings. The summed E-state index contributed by atoms with van der Waals surface area (Å²) >= 11 is 0. The summed E-state index contributed by atoms with van der Waals surface area (Å²) in [5, 5.41) is 2.77. The van der Waals surface area contributed by atoms with Gasteiger partial charge in [0, 0.05) is 11.3 Å². The van der Waals surface area contributed by atoms with E-state index in [-0.39, 0.29) is 12.5 Å². The number of aromatic nitrogens is 2. The number of anilines is 1. The SMILES string of the molecule is CCCc1cc(C(=O)NCc2nc(C)c(C)o2)cc(N)n1. The van der Waals surface area contributed by atoms with Gasteiger partial charge in [0.05, 0.1) is 12.2 Å². The number of carbonyl (C=O) groups excluding carboxylic acids is 1. The molecule has 112 valence electrons. The van der Waals surface area contributed by atoms with Gasteiger partial charge in [-0.05, 0) is 32.4 Å². The predicted octanol–water partition coefficient (Wildman–Crippen LogP) is 2.15. The molecule has 0 aliphatic heterocycles. The molecular formula is C15H20N4O2. The molecule has 1 amide bonds. The van der Waals surface area contributed by atoms with Crippen molar-refractivity contribution in [3.8, 4) is 0 Å². The third kappa shape index (κ3) is 3.81. The lowest BCUT2D eigenvalue weighted by Crippen LogP contribution is -2.23. The second-order valence-corrected chi connectivity index (χ2v) is 4.95. The van der Waals surface area contributed by atoms with Gasteiger partial charge in [0.25, 0.3) is 5.91 Å². The van der Waals surface area contributed by atoms with Gasteiger partial charge in [-0.3, -0.25) is 4.79 Å². The summed E-state index contributed by atoms with van der Waals surface area (Å²) in [7, 11) is 0. The van der Waals surface area contributed by atoms with E-state index >= 15 is 0 Å². The Morgan fingerprint density at radius 2 is 2.10 bits per heavy atom. The van der Waals surface area contributed by atoms with Gasteiger partial charge in [-0.15, -0.1) is 0 Å². The van der Waals surface area contributed by atoms with Crippen molar-refractivity contribution >= 4 is 11.7 Å². The third-order valence-electron chi connectivity index (χ3n) is 3.14. The Kier molecular flexibility index (Phi) is 4.57. The molecule has 3 N–H and O–H groups in total. The smallest absolute Gasteiger partial charge is 0.251 e. The summed E-state index contributed by atoms with van der Waals surface area (Å²) in [6.45, 7) is 6.01. The van der Waals surface area contributed by atoms with Crippen LogP contribution in [0.5, 0.6) is 0 Å². The van der Waals surface area contributed by atoms with E-state index in [1.54, 1.807) is 12.1 Å². The zero-order valence-electron chi connectivity index (χ0n) is 12.6. The minimum atomic E-state index is -0.213. The highest BCUT2D eigenvalue weighted by Crippen LogP contribution is 2.11. The van der Waals surface area contributed by atoms with E-state index in [1.165, 1.54) is 0 Å². The number of oxazole rings is 1. The fourth-order valence-electron chi connectivity index (χ4n) is 2.00. The lowest BCUT2D eigenvalue weighted by atomic mass is 10.1. The summed E-state index contributed by atoms with van der Waals surface area (Å²) in [5.74, 6) is 1.40. The first-order chi connectivity index (χ1) is 9.99. The molecule has 2 aromatic rings. The number of pyridine rings is 1. The molecule has 6 nitrogen and oxygen atoms in total. The number of aryl methyl sites for hydroxylation is 3. The normalized spacial score (nSPS) is 10.6. The van der Waals surface area contributed by atoms with Crippen molar-refractivity contribution in [1.82, 2.24) is 15.3 Å². The van der Waals surface area contributed by atoms with Crippen LogP contribution < -0.4 is 11.1 Å². The monoisotopic (exact) mass is 288 g/mol. The average Bonchev–Trinajstić information content (AvgIpc) is 2.75. The first-order valence-electron chi connectivity index (χ1n) is 6.97. The largest absolute Gasteiger partial charge is 0.444 e. The van der Waals surface area contributed by atoms with E-state index in [4.69, 9.17) is 10.2 Å². The Hall–Kier alpha value is -2.37. The van der Waals surface area contributed by atoms with Crippen LogP contribution in [0.2, 0.25) is 0 Å². The highest BCUT2D eigenvalue weighted by Gasteiger charge is 2.11. The molecular weight excluding hydrogens is 268 g/mol. The van der Waals surface area contributed by atoms with Gasteiger partial charge in [0.15, 0.2) is 0 Å². The van der Waals surface area contributed by atoms with Crippen LogP contribution in [-0.4, -0.2) is 15.9 Å². The van der Waals surface area contributed by atoms with Crippen LogP contribution >= 0.6 is 0 Å². The van der Waals surface area contributed by atoms with Crippen LogP contribution in [0.1, 0.15) is 46.7 Å². The summed E-state index contributed by atoms with van der Waals surface area (Å²) in [4.78, 5) is 20.6. The summed E-state index contributed by atoms with van der Waals surface area (Å²) in [6.07, 6.45) is 1.75. The summed E-state index contributed by atoms with van der Waals surface area (Å²) in [5.41, 5.74) is 7.90. The number of amides is 1. The van der Waals surface area contributed by atoms with E-state index in [2.05, 4.69) is 22.2 Å². The van der Waals surface area contributed by atoms with Gasteiger partial charge in [-0.2, -0.15) is 0 Å². The highest BCUT2D eigenvalue weighted by atomic mass is 16.4. The Labute approximate surface area is 123 Å². The first-order valence-corrected chi connectivity index (χ1v) is 6.97. The Morgan fingerprint density at radius 3 is 2.71 bits per heavy atom. The molecule has 0 saturated carbocycles. The molecule has 0 spiro atoms. The lowest BCUT2D eigenvalue weighted by molar-refractivity contribution is 0.0947. The number of nitrogens with two attached hydrogens (primary N) is 1. The third-order valence-corrected chi connectivity index (χ3v) is 3.14. The molecule has 2 rings (SSSR count). The first kappa shape index (κ1) is 15.0. The Morgan fingerprint density at radius 1 is 1.33 bits per heavy atom. The van der Waals surface area contributed by atoms with Crippen molar-refractivity contribution in [2.45, 2.75) is 40.2 Å². The van der Waals surface area contributed by atoms with Gasteiger partial charge >= 0.3 is 0 Å². The lowest BCUT2D eigenvalue weighted by Gasteiger charge is -2.06. The van der Waals surface area contributed by atoms with Crippen LogP contribution in [0, 0.1) is 13.8 Å². The molecule has 0 unspecified atom stereocenters. The van der Waals surface area contributed by atoms with Gasteiger partial charge in [0.2, 0.25) is 5.89 Å². The predicted molar refractivity (Wildman–Crippen MR) is 79.8 cm³/mol. The maximum atomic E-state index is 12.2. The Bertz CT molecular complexity index is 630. The van der Waals surface area contributed by atoms with Crippen LogP contribution in [0.15, 0.2) is 16.5 Å². The number of nitrogens with zero attached hydrogens (tertiary/aromatic N) is 2. The molecule has 21 heavy (non-hydrogen) atoms. The van der Waals surface area contributed by atoms with E-state index < -0.39 is 0 Å². The molecule has 6 heteroatoms. The van der Waals surface area contributed by atoms with E-state index in [0.717, 1.165) is 30.0 Å².